The number of hydrogen-bond donors (Lipinski definition) is 3. The fourth-order valence-electron chi connectivity index (χ4n) is 4.56. The van der Waals surface area contributed by atoms with Crippen LogP contribution in [0.25, 0.3) is 0 Å². The maximum Gasteiger partial charge on any atom is 0.508 e. The molecule has 4 rings (SSSR count). The Balaban J connectivity index is 1.57. The number of hydrogen-bond acceptors (Lipinski definition) is 10. The Morgan fingerprint density at radius 3 is 2.46 bits per heavy atom. The first kappa shape index (κ1) is 27.3. The smallest absolute Gasteiger partial charge is 0.443 e. The molecule has 1 aromatic heterocycles. The average molecular weight is 521 g/mol. The zero-order chi connectivity index (χ0) is 26.5. The first-order chi connectivity index (χ1) is 17.8. The molecule has 1 aromatic carbocycles. The number of aliphatic hydroxyl groups is 3. The molecule has 0 bridgehead atoms. The number of ether oxygens (including phenoxy) is 5. The Labute approximate surface area is 215 Å². The van der Waals surface area contributed by atoms with E-state index in [0.29, 0.717) is 19.6 Å². The molecule has 204 valence electrons. The van der Waals surface area contributed by atoms with Crippen molar-refractivity contribution < 1.29 is 43.8 Å². The molecule has 37 heavy (non-hydrogen) atoms. The molecule has 0 aliphatic carbocycles. The second-order valence-electron chi connectivity index (χ2n) is 9.30. The fourth-order valence-corrected chi connectivity index (χ4v) is 4.56. The summed E-state index contributed by atoms with van der Waals surface area (Å²) in [6, 6.07) is 8.34. The van der Waals surface area contributed by atoms with Crippen LogP contribution in [0.1, 0.15) is 48.7 Å². The summed E-state index contributed by atoms with van der Waals surface area (Å²) in [5, 5.41) is 36.1. The first-order valence-corrected chi connectivity index (χ1v) is 12.7. The second-order valence-corrected chi connectivity index (χ2v) is 9.30. The molecule has 1 unspecified atom stereocenters. The van der Waals surface area contributed by atoms with Crippen LogP contribution in [0.15, 0.2) is 24.3 Å². The third-order valence-electron chi connectivity index (χ3n) is 6.82. The van der Waals surface area contributed by atoms with E-state index in [1.165, 1.54) is 5.56 Å². The van der Waals surface area contributed by atoms with Gasteiger partial charge in [-0.2, -0.15) is 0 Å². The number of rotatable bonds is 9. The van der Waals surface area contributed by atoms with Gasteiger partial charge in [0.1, 0.15) is 31.0 Å². The van der Waals surface area contributed by atoms with Crippen molar-refractivity contribution in [3.63, 3.8) is 0 Å². The number of aryl methyl sites for hydroxylation is 1. The molecule has 0 spiro atoms. The number of benzene rings is 1. The van der Waals surface area contributed by atoms with Crippen molar-refractivity contribution >= 4 is 6.16 Å². The molecule has 2 saturated heterocycles. The lowest BCUT2D eigenvalue weighted by Gasteiger charge is -2.39. The SMILES string of the molecule is CCOC(=O)OC[C@H]1O[C@@H](Oc2nn(C3CCOC3)c(C)c2Cc2ccc(CC)cc2)[C@H](O)[C@@H](O)[C@@H]1O. The van der Waals surface area contributed by atoms with E-state index in [9.17, 15) is 20.1 Å². The second kappa shape index (κ2) is 12.2. The fraction of sp³-hybridized carbons (Fsp3) is 0.615. The zero-order valence-electron chi connectivity index (χ0n) is 21.4. The van der Waals surface area contributed by atoms with E-state index < -0.39 is 43.5 Å². The van der Waals surface area contributed by atoms with Gasteiger partial charge in [-0.3, -0.25) is 4.68 Å². The van der Waals surface area contributed by atoms with Gasteiger partial charge in [0, 0.05) is 24.3 Å². The van der Waals surface area contributed by atoms with E-state index in [1.54, 1.807) is 6.92 Å². The zero-order valence-corrected chi connectivity index (χ0v) is 21.4. The van der Waals surface area contributed by atoms with Crippen molar-refractivity contribution in [1.82, 2.24) is 9.78 Å². The Morgan fingerprint density at radius 1 is 1.08 bits per heavy atom. The van der Waals surface area contributed by atoms with Crippen molar-refractivity contribution in [1.29, 1.82) is 0 Å². The monoisotopic (exact) mass is 520 g/mol. The molecule has 11 nitrogen and oxygen atoms in total. The van der Waals surface area contributed by atoms with Gasteiger partial charge in [-0.05, 0) is 37.8 Å². The summed E-state index contributed by atoms with van der Waals surface area (Å²) in [4.78, 5) is 11.6. The van der Waals surface area contributed by atoms with Crippen molar-refractivity contribution in [2.24, 2.45) is 0 Å². The van der Waals surface area contributed by atoms with Crippen molar-refractivity contribution in [2.45, 2.75) is 76.8 Å². The predicted molar refractivity (Wildman–Crippen MR) is 130 cm³/mol. The summed E-state index contributed by atoms with van der Waals surface area (Å²) in [6.45, 7) is 6.60. The molecule has 0 amide bonds. The van der Waals surface area contributed by atoms with E-state index in [4.69, 9.17) is 28.8 Å². The van der Waals surface area contributed by atoms with Gasteiger partial charge in [-0.1, -0.05) is 31.2 Å². The van der Waals surface area contributed by atoms with Gasteiger partial charge >= 0.3 is 6.16 Å². The molecule has 0 saturated carbocycles. The molecule has 3 N–H and O–H groups in total. The van der Waals surface area contributed by atoms with E-state index in [1.807, 2.05) is 11.6 Å². The van der Waals surface area contributed by atoms with Gasteiger partial charge in [0.2, 0.25) is 12.2 Å². The molecule has 3 heterocycles. The molecule has 2 aliphatic heterocycles. The van der Waals surface area contributed by atoms with E-state index >= 15 is 0 Å². The number of aromatic nitrogens is 2. The maximum absolute atomic E-state index is 11.6. The Bertz CT molecular complexity index is 1040. The molecular formula is C26H36N2O9. The van der Waals surface area contributed by atoms with Gasteiger partial charge in [0.25, 0.3) is 0 Å². The van der Waals surface area contributed by atoms with Crippen LogP contribution in [0.2, 0.25) is 0 Å². The van der Waals surface area contributed by atoms with Gasteiger partial charge in [0.05, 0.1) is 19.3 Å². The van der Waals surface area contributed by atoms with Gasteiger partial charge in [-0.15, -0.1) is 5.10 Å². The number of carbonyl (C=O) groups is 1. The molecule has 2 fully saturated rings. The van der Waals surface area contributed by atoms with E-state index in [0.717, 1.165) is 29.7 Å². The lowest BCUT2D eigenvalue weighted by molar-refractivity contribution is -0.278. The highest BCUT2D eigenvalue weighted by Gasteiger charge is 2.46. The number of carbonyl (C=O) groups excluding carboxylic acids is 1. The van der Waals surface area contributed by atoms with Crippen LogP contribution < -0.4 is 4.74 Å². The standard InChI is InChI=1S/C26H36N2O9/c1-4-16-6-8-17(9-7-16)12-19-15(3)28(18-10-11-33-13-18)27-24(19)37-25-23(31)22(30)21(29)20(36-25)14-35-26(32)34-5-2/h6-9,18,20-23,25,29-31H,4-5,10-14H2,1-3H3/t18?,20-,21-,22+,23-,25+/m1/s1. The Kier molecular flexibility index (Phi) is 9.04. The van der Waals surface area contributed by atoms with Crippen LogP contribution in [0.3, 0.4) is 0 Å². The molecular weight excluding hydrogens is 484 g/mol. The normalized spacial score (nSPS) is 27.7. The van der Waals surface area contributed by atoms with Crippen LogP contribution >= 0.6 is 0 Å². The van der Waals surface area contributed by atoms with Crippen LogP contribution in [-0.2, 0) is 31.8 Å². The predicted octanol–water partition coefficient (Wildman–Crippen LogP) is 1.67. The van der Waals surface area contributed by atoms with E-state index in [-0.39, 0.29) is 18.5 Å². The van der Waals surface area contributed by atoms with Crippen molar-refractivity contribution in [2.75, 3.05) is 26.4 Å². The lowest BCUT2D eigenvalue weighted by Crippen LogP contribution is -2.60. The highest BCUT2D eigenvalue weighted by atomic mass is 16.7. The van der Waals surface area contributed by atoms with Crippen molar-refractivity contribution in [3.8, 4) is 5.88 Å². The van der Waals surface area contributed by atoms with Gasteiger partial charge in [0.15, 0.2) is 0 Å². The third kappa shape index (κ3) is 6.24. The van der Waals surface area contributed by atoms with Crippen LogP contribution in [-0.4, -0.2) is 88.4 Å². The highest BCUT2D eigenvalue weighted by molar-refractivity contribution is 5.59. The number of nitrogens with zero attached hydrogens (tertiary/aromatic N) is 2. The first-order valence-electron chi connectivity index (χ1n) is 12.7. The topological polar surface area (TPSA) is 142 Å². The highest BCUT2D eigenvalue weighted by Crippen LogP contribution is 2.32. The average Bonchev–Trinajstić information content (AvgIpc) is 3.53. The minimum Gasteiger partial charge on any atom is -0.443 e. The third-order valence-corrected chi connectivity index (χ3v) is 6.82. The summed E-state index contributed by atoms with van der Waals surface area (Å²) in [5.41, 5.74) is 4.01. The molecule has 11 heteroatoms. The summed E-state index contributed by atoms with van der Waals surface area (Å²) in [5.74, 6) is 0.252. The summed E-state index contributed by atoms with van der Waals surface area (Å²) >= 11 is 0. The molecule has 6 atom stereocenters. The van der Waals surface area contributed by atoms with Crippen LogP contribution in [0.5, 0.6) is 5.88 Å². The molecule has 2 aliphatic rings. The van der Waals surface area contributed by atoms with E-state index in [2.05, 4.69) is 31.2 Å². The summed E-state index contributed by atoms with van der Waals surface area (Å²) in [6.07, 6.45) is -5.81. The maximum atomic E-state index is 11.6. The van der Waals surface area contributed by atoms with Gasteiger partial charge in [-0.25, -0.2) is 4.79 Å². The van der Waals surface area contributed by atoms with Crippen molar-refractivity contribution in [3.05, 3.63) is 46.6 Å². The quantitative estimate of drug-likeness (QED) is 0.418. The Morgan fingerprint density at radius 2 is 1.81 bits per heavy atom. The lowest BCUT2D eigenvalue weighted by atomic mass is 9.99. The number of aliphatic hydroxyl groups excluding tert-OH is 3. The summed E-state index contributed by atoms with van der Waals surface area (Å²) < 4.78 is 28.9. The van der Waals surface area contributed by atoms with Crippen LogP contribution in [0.4, 0.5) is 4.79 Å². The van der Waals surface area contributed by atoms with Crippen LogP contribution in [0, 0.1) is 6.92 Å². The van der Waals surface area contributed by atoms with Gasteiger partial charge < -0.3 is 39.0 Å². The molecule has 0 radical (unpaired) electrons. The largest absolute Gasteiger partial charge is 0.508 e. The Hall–Kier alpha value is -2.70. The minimum absolute atomic E-state index is 0.0499. The molecule has 2 aromatic rings. The summed E-state index contributed by atoms with van der Waals surface area (Å²) in [7, 11) is 0. The minimum atomic E-state index is -1.59.